The van der Waals surface area contributed by atoms with Gasteiger partial charge >= 0.3 is 0 Å². The predicted octanol–water partition coefficient (Wildman–Crippen LogP) is 0.634. The highest BCUT2D eigenvalue weighted by Gasteiger charge is 2.05. The highest BCUT2D eigenvalue weighted by atomic mass is 16.6. The van der Waals surface area contributed by atoms with Crippen LogP contribution in [0.2, 0.25) is 0 Å². The molecule has 25 heavy (non-hydrogen) atoms. The van der Waals surface area contributed by atoms with E-state index < -0.39 is 0 Å². The molecule has 0 saturated heterocycles. The summed E-state index contributed by atoms with van der Waals surface area (Å²) in [6.07, 6.45) is 2.58. The Morgan fingerprint density at radius 1 is 0.760 bits per heavy atom. The first-order chi connectivity index (χ1) is 12.2. The van der Waals surface area contributed by atoms with E-state index in [1.54, 1.807) is 7.05 Å². The van der Waals surface area contributed by atoms with E-state index in [2.05, 4.69) is 6.92 Å². The van der Waals surface area contributed by atoms with Crippen molar-refractivity contribution in [3.63, 3.8) is 0 Å². The number of rotatable bonds is 19. The molecule has 0 fully saturated rings. The number of nitrogens with zero attached hydrogens (tertiary/aromatic N) is 1. The molecule has 0 rings (SSSR count). The number of hydrogen-bond donors (Lipinski definition) is 1. The smallest absolute Gasteiger partial charge is 0.225 e. The quantitative estimate of drug-likeness (QED) is 0.265. The van der Waals surface area contributed by atoms with Crippen LogP contribution in [0.3, 0.4) is 0 Å². The lowest BCUT2D eigenvalue weighted by Gasteiger charge is -2.13. The molecule has 2 N–H and O–H groups in total. The molecular formula is C17H36N2O6. The van der Waals surface area contributed by atoms with Gasteiger partial charge in [0.05, 0.1) is 72.6 Å². The molecule has 8 nitrogen and oxygen atoms in total. The summed E-state index contributed by atoms with van der Waals surface area (Å²) in [6.45, 7) is 7.87. The first kappa shape index (κ1) is 24.2. The third-order valence-corrected chi connectivity index (χ3v) is 3.29. The molecule has 0 saturated carbocycles. The van der Waals surface area contributed by atoms with E-state index >= 15 is 0 Å². The maximum atomic E-state index is 11.4. The number of unbranched alkanes of at least 4 members (excludes halogenated alkanes) is 1. The van der Waals surface area contributed by atoms with Crippen LogP contribution in [0.1, 0.15) is 26.2 Å². The molecule has 0 aliphatic carbocycles. The Morgan fingerprint density at radius 3 is 1.56 bits per heavy atom. The molecular weight excluding hydrogens is 328 g/mol. The second-order valence-corrected chi connectivity index (χ2v) is 5.44. The van der Waals surface area contributed by atoms with Gasteiger partial charge in [0, 0.05) is 13.7 Å². The number of nitrogens with two attached hydrogens (primary N) is 1. The second-order valence-electron chi connectivity index (χ2n) is 5.44. The highest BCUT2D eigenvalue weighted by Crippen LogP contribution is 1.91. The number of carbonyl (C=O) groups is 1. The van der Waals surface area contributed by atoms with E-state index in [1.807, 2.05) is 0 Å². The lowest BCUT2D eigenvalue weighted by Crippen LogP contribution is -2.32. The van der Waals surface area contributed by atoms with Gasteiger partial charge in [-0.2, -0.15) is 0 Å². The van der Waals surface area contributed by atoms with Gasteiger partial charge in [0.1, 0.15) is 0 Å². The number of hydrogen-bond acceptors (Lipinski definition) is 7. The fourth-order valence-electron chi connectivity index (χ4n) is 1.68. The summed E-state index contributed by atoms with van der Waals surface area (Å²) in [5.74, 6) is -0.0217. The summed E-state index contributed by atoms with van der Waals surface area (Å²) in [6, 6.07) is 0. The minimum Gasteiger partial charge on any atom is -0.379 e. The molecule has 0 heterocycles. The Bertz CT molecular complexity index is 294. The third-order valence-electron chi connectivity index (χ3n) is 3.29. The van der Waals surface area contributed by atoms with Gasteiger partial charge in [-0.25, -0.2) is 0 Å². The SMILES string of the molecule is CCCCOCCOCCOCCOCCOCCC(=O)N(C)CN. The second kappa shape index (κ2) is 19.6. The Labute approximate surface area is 151 Å². The average Bonchev–Trinajstić information content (AvgIpc) is 2.63. The fourth-order valence-corrected chi connectivity index (χ4v) is 1.68. The maximum Gasteiger partial charge on any atom is 0.225 e. The van der Waals surface area contributed by atoms with Crippen LogP contribution in [0.15, 0.2) is 0 Å². The standard InChI is InChI=1S/C17H36N2O6/c1-3-4-6-21-8-10-23-12-14-25-15-13-24-11-9-22-7-5-17(20)19(2)16-18/h3-16,18H2,1-2H3. The van der Waals surface area contributed by atoms with Gasteiger partial charge in [-0.15, -0.1) is 0 Å². The molecule has 0 spiro atoms. The summed E-state index contributed by atoms with van der Waals surface area (Å²) in [5, 5.41) is 0. The van der Waals surface area contributed by atoms with Crippen LogP contribution in [0.4, 0.5) is 0 Å². The third kappa shape index (κ3) is 17.8. The topological polar surface area (TPSA) is 92.5 Å². The fraction of sp³-hybridized carbons (Fsp3) is 0.941. The van der Waals surface area contributed by atoms with Crippen molar-refractivity contribution in [3.8, 4) is 0 Å². The van der Waals surface area contributed by atoms with Gasteiger partial charge in [-0.3, -0.25) is 4.79 Å². The Morgan fingerprint density at radius 2 is 1.16 bits per heavy atom. The number of amides is 1. The van der Waals surface area contributed by atoms with Crippen molar-refractivity contribution in [2.75, 3.05) is 79.8 Å². The molecule has 0 aromatic carbocycles. The normalized spacial score (nSPS) is 11.0. The molecule has 0 aliphatic rings. The molecule has 0 radical (unpaired) electrons. The van der Waals surface area contributed by atoms with Crippen LogP contribution in [-0.2, 0) is 28.5 Å². The number of ether oxygens (including phenoxy) is 5. The molecule has 1 amide bonds. The monoisotopic (exact) mass is 364 g/mol. The first-order valence-electron chi connectivity index (χ1n) is 9.05. The summed E-state index contributed by atoms with van der Waals surface area (Å²) in [4.78, 5) is 12.9. The van der Waals surface area contributed by atoms with Crippen molar-refractivity contribution < 1.29 is 28.5 Å². The van der Waals surface area contributed by atoms with Gasteiger partial charge in [0.25, 0.3) is 0 Å². The van der Waals surface area contributed by atoms with Crippen LogP contribution >= 0.6 is 0 Å². The Kier molecular flexibility index (Phi) is 19.0. The van der Waals surface area contributed by atoms with Crippen molar-refractivity contribution >= 4 is 5.91 Å². The van der Waals surface area contributed by atoms with Crippen LogP contribution < -0.4 is 5.73 Å². The van der Waals surface area contributed by atoms with E-state index in [9.17, 15) is 4.79 Å². The van der Waals surface area contributed by atoms with Crippen molar-refractivity contribution in [1.82, 2.24) is 4.90 Å². The summed E-state index contributed by atoms with van der Waals surface area (Å²) in [5.41, 5.74) is 5.36. The minimum absolute atomic E-state index is 0.0217. The van der Waals surface area contributed by atoms with Gasteiger partial charge in [0.2, 0.25) is 5.91 Å². The van der Waals surface area contributed by atoms with Gasteiger partial charge in [-0.1, -0.05) is 13.3 Å². The van der Waals surface area contributed by atoms with Crippen LogP contribution in [-0.4, -0.2) is 90.6 Å². The van der Waals surface area contributed by atoms with E-state index in [0.717, 1.165) is 19.4 Å². The Balaban J connectivity index is 3.08. The summed E-state index contributed by atoms with van der Waals surface area (Å²) >= 11 is 0. The van der Waals surface area contributed by atoms with Crippen LogP contribution in [0, 0.1) is 0 Å². The first-order valence-corrected chi connectivity index (χ1v) is 9.05. The minimum atomic E-state index is -0.0217. The van der Waals surface area contributed by atoms with Crippen molar-refractivity contribution in [3.05, 3.63) is 0 Å². The zero-order valence-corrected chi connectivity index (χ0v) is 15.9. The summed E-state index contributed by atoms with van der Waals surface area (Å²) < 4.78 is 26.8. The lowest BCUT2D eigenvalue weighted by molar-refractivity contribution is -0.131. The van der Waals surface area contributed by atoms with E-state index in [4.69, 9.17) is 29.4 Å². The molecule has 150 valence electrons. The molecule has 0 atom stereocenters. The average molecular weight is 364 g/mol. The van der Waals surface area contributed by atoms with Crippen molar-refractivity contribution in [2.24, 2.45) is 5.73 Å². The zero-order valence-electron chi connectivity index (χ0n) is 15.9. The van der Waals surface area contributed by atoms with Gasteiger partial charge in [-0.05, 0) is 6.42 Å². The number of carbonyl (C=O) groups excluding carboxylic acids is 1. The molecule has 8 heteroatoms. The molecule has 0 bridgehead atoms. The van der Waals surface area contributed by atoms with E-state index in [-0.39, 0.29) is 12.6 Å². The van der Waals surface area contributed by atoms with Crippen LogP contribution in [0.25, 0.3) is 0 Å². The van der Waals surface area contributed by atoms with Gasteiger partial charge < -0.3 is 34.3 Å². The zero-order chi connectivity index (χ0) is 18.6. The van der Waals surface area contributed by atoms with E-state index in [1.165, 1.54) is 4.90 Å². The maximum absolute atomic E-state index is 11.4. The highest BCUT2D eigenvalue weighted by molar-refractivity contribution is 5.75. The molecule has 0 aromatic rings. The van der Waals surface area contributed by atoms with Crippen molar-refractivity contribution in [1.29, 1.82) is 0 Å². The largest absolute Gasteiger partial charge is 0.379 e. The molecule has 0 aliphatic heterocycles. The molecule has 0 aromatic heterocycles. The van der Waals surface area contributed by atoms with E-state index in [0.29, 0.717) is 65.9 Å². The lowest BCUT2D eigenvalue weighted by atomic mass is 10.4. The predicted molar refractivity (Wildman–Crippen MR) is 95.4 cm³/mol. The molecule has 0 unspecified atom stereocenters. The van der Waals surface area contributed by atoms with Gasteiger partial charge in [0.15, 0.2) is 0 Å². The summed E-state index contributed by atoms with van der Waals surface area (Å²) in [7, 11) is 1.66. The van der Waals surface area contributed by atoms with Crippen LogP contribution in [0.5, 0.6) is 0 Å². The Hall–Kier alpha value is -0.770. The van der Waals surface area contributed by atoms with Crippen molar-refractivity contribution in [2.45, 2.75) is 26.2 Å².